The van der Waals surface area contributed by atoms with Gasteiger partial charge in [0.25, 0.3) is 0 Å². The summed E-state index contributed by atoms with van der Waals surface area (Å²) in [7, 11) is 1.70. The minimum atomic E-state index is 0.253. The summed E-state index contributed by atoms with van der Waals surface area (Å²) in [5.41, 5.74) is 0. The van der Waals surface area contributed by atoms with Crippen LogP contribution in [-0.4, -0.2) is 43.5 Å². The van der Waals surface area contributed by atoms with Crippen molar-refractivity contribution in [3.05, 3.63) is 0 Å². The zero-order chi connectivity index (χ0) is 10.3. The van der Waals surface area contributed by atoms with Crippen molar-refractivity contribution in [3.8, 4) is 0 Å². The average Bonchev–Trinajstić information content (AvgIpc) is 2.03. The molecule has 0 bridgehead atoms. The van der Waals surface area contributed by atoms with Crippen LogP contribution in [0, 0.1) is 0 Å². The first kappa shape index (κ1) is 12.6. The minimum absolute atomic E-state index is 0.253. The van der Waals surface area contributed by atoms with E-state index in [0.29, 0.717) is 12.5 Å². The van der Waals surface area contributed by atoms with E-state index in [9.17, 15) is 4.79 Å². The first-order chi connectivity index (χ1) is 6.07. The van der Waals surface area contributed by atoms with Crippen molar-refractivity contribution in [2.75, 3.05) is 26.8 Å². The second-order valence-electron chi connectivity index (χ2n) is 3.57. The molecule has 78 valence electrons. The van der Waals surface area contributed by atoms with Crippen LogP contribution in [0.3, 0.4) is 0 Å². The number of rotatable bonds is 7. The SMILES string of the molecule is COCCN(CCC(C)=O)C(C)C. The molecule has 3 nitrogen and oxygen atoms in total. The second kappa shape index (κ2) is 7.04. The summed E-state index contributed by atoms with van der Waals surface area (Å²) in [6, 6.07) is 0.481. The van der Waals surface area contributed by atoms with Crippen molar-refractivity contribution in [2.45, 2.75) is 33.2 Å². The maximum absolute atomic E-state index is 10.8. The molecular formula is C10H21NO2. The lowest BCUT2D eigenvalue weighted by Gasteiger charge is -2.25. The summed E-state index contributed by atoms with van der Waals surface area (Å²) in [5.74, 6) is 0.253. The molecule has 0 rings (SSSR count). The highest BCUT2D eigenvalue weighted by molar-refractivity contribution is 5.75. The van der Waals surface area contributed by atoms with Gasteiger partial charge in [0, 0.05) is 32.7 Å². The maximum atomic E-state index is 10.8. The molecule has 0 saturated carbocycles. The lowest BCUT2D eigenvalue weighted by molar-refractivity contribution is -0.117. The largest absolute Gasteiger partial charge is 0.383 e. The molecule has 0 spiro atoms. The summed E-state index contributed by atoms with van der Waals surface area (Å²) < 4.78 is 5.00. The van der Waals surface area contributed by atoms with Crippen molar-refractivity contribution in [2.24, 2.45) is 0 Å². The van der Waals surface area contributed by atoms with Gasteiger partial charge in [-0.3, -0.25) is 9.69 Å². The Morgan fingerprint density at radius 3 is 2.38 bits per heavy atom. The third-order valence-electron chi connectivity index (χ3n) is 2.06. The first-order valence-electron chi connectivity index (χ1n) is 4.80. The molecule has 0 unspecified atom stereocenters. The van der Waals surface area contributed by atoms with Crippen LogP contribution in [0.1, 0.15) is 27.2 Å². The zero-order valence-corrected chi connectivity index (χ0v) is 9.17. The van der Waals surface area contributed by atoms with Crippen LogP contribution in [0.4, 0.5) is 0 Å². The first-order valence-corrected chi connectivity index (χ1v) is 4.80. The van der Waals surface area contributed by atoms with Crippen molar-refractivity contribution in [1.82, 2.24) is 4.90 Å². The van der Waals surface area contributed by atoms with E-state index < -0.39 is 0 Å². The summed E-state index contributed by atoms with van der Waals surface area (Å²) in [4.78, 5) is 13.0. The van der Waals surface area contributed by atoms with Gasteiger partial charge in [0.15, 0.2) is 0 Å². The normalized spacial score (nSPS) is 11.2. The van der Waals surface area contributed by atoms with E-state index in [1.807, 2.05) is 0 Å². The van der Waals surface area contributed by atoms with Gasteiger partial charge >= 0.3 is 0 Å². The van der Waals surface area contributed by atoms with Crippen LogP contribution >= 0.6 is 0 Å². The number of hydrogen-bond acceptors (Lipinski definition) is 3. The van der Waals surface area contributed by atoms with Crippen molar-refractivity contribution < 1.29 is 9.53 Å². The van der Waals surface area contributed by atoms with Crippen LogP contribution in [0.5, 0.6) is 0 Å². The Balaban J connectivity index is 3.73. The predicted molar refractivity (Wildman–Crippen MR) is 53.9 cm³/mol. The molecular weight excluding hydrogens is 166 g/mol. The Kier molecular flexibility index (Phi) is 6.82. The fourth-order valence-electron chi connectivity index (χ4n) is 1.14. The molecule has 0 radical (unpaired) electrons. The second-order valence-corrected chi connectivity index (χ2v) is 3.57. The quantitative estimate of drug-likeness (QED) is 0.602. The number of nitrogens with zero attached hydrogens (tertiary/aromatic N) is 1. The number of Topliss-reactive ketones (excluding diaryl/α,β-unsaturated/α-hetero) is 1. The topological polar surface area (TPSA) is 29.5 Å². The fraction of sp³-hybridized carbons (Fsp3) is 0.900. The minimum Gasteiger partial charge on any atom is -0.383 e. The van der Waals surface area contributed by atoms with E-state index in [1.165, 1.54) is 0 Å². The van der Waals surface area contributed by atoms with E-state index in [4.69, 9.17) is 4.74 Å². The third kappa shape index (κ3) is 6.72. The van der Waals surface area contributed by atoms with Gasteiger partial charge in [-0.25, -0.2) is 0 Å². The lowest BCUT2D eigenvalue weighted by atomic mass is 10.2. The van der Waals surface area contributed by atoms with Gasteiger partial charge < -0.3 is 4.74 Å². The molecule has 0 fully saturated rings. The number of carbonyl (C=O) groups excluding carboxylic acids is 1. The molecule has 0 aliphatic heterocycles. The van der Waals surface area contributed by atoms with Gasteiger partial charge in [0.1, 0.15) is 5.78 Å². The van der Waals surface area contributed by atoms with Gasteiger partial charge in [-0.2, -0.15) is 0 Å². The summed E-state index contributed by atoms with van der Waals surface area (Å²) >= 11 is 0. The van der Waals surface area contributed by atoms with Crippen LogP contribution < -0.4 is 0 Å². The average molecular weight is 187 g/mol. The van der Waals surface area contributed by atoms with Gasteiger partial charge in [-0.15, -0.1) is 0 Å². The van der Waals surface area contributed by atoms with E-state index >= 15 is 0 Å². The van der Waals surface area contributed by atoms with Crippen molar-refractivity contribution in [1.29, 1.82) is 0 Å². The van der Waals surface area contributed by atoms with Crippen LogP contribution in [0.2, 0.25) is 0 Å². The van der Waals surface area contributed by atoms with E-state index in [-0.39, 0.29) is 5.78 Å². The highest BCUT2D eigenvalue weighted by Crippen LogP contribution is 1.99. The molecule has 0 aliphatic carbocycles. The number of methoxy groups -OCH3 is 1. The van der Waals surface area contributed by atoms with Crippen molar-refractivity contribution >= 4 is 5.78 Å². The Morgan fingerprint density at radius 1 is 1.38 bits per heavy atom. The highest BCUT2D eigenvalue weighted by Gasteiger charge is 2.09. The standard InChI is InChI=1S/C10H21NO2/c1-9(2)11(7-8-13-4)6-5-10(3)12/h9H,5-8H2,1-4H3. The molecule has 0 atom stereocenters. The summed E-state index contributed by atoms with van der Waals surface area (Å²) in [5, 5.41) is 0. The molecule has 0 aromatic carbocycles. The predicted octanol–water partition coefficient (Wildman–Crippen LogP) is 1.32. The number of ether oxygens (including phenoxy) is 1. The highest BCUT2D eigenvalue weighted by atomic mass is 16.5. The summed E-state index contributed by atoms with van der Waals surface area (Å²) in [6.07, 6.45) is 0.641. The molecule has 0 aromatic heterocycles. The van der Waals surface area contributed by atoms with Crippen LogP contribution in [0.25, 0.3) is 0 Å². The monoisotopic (exact) mass is 187 g/mol. The maximum Gasteiger partial charge on any atom is 0.131 e. The number of hydrogen-bond donors (Lipinski definition) is 0. The smallest absolute Gasteiger partial charge is 0.131 e. The Morgan fingerprint density at radius 2 is 2.00 bits per heavy atom. The molecule has 0 aliphatic rings. The van der Waals surface area contributed by atoms with E-state index in [2.05, 4.69) is 18.7 Å². The number of carbonyl (C=O) groups is 1. The third-order valence-corrected chi connectivity index (χ3v) is 2.06. The Hall–Kier alpha value is -0.410. The Labute approximate surface area is 81.1 Å². The van der Waals surface area contributed by atoms with Gasteiger partial charge in [0.2, 0.25) is 0 Å². The molecule has 0 aromatic rings. The molecule has 0 N–H and O–H groups in total. The molecule has 0 saturated heterocycles. The van der Waals surface area contributed by atoms with Crippen LogP contribution in [-0.2, 0) is 9.53 Å². The van der Waals surface area contributed by atoms with E-state index in [1.54, 1.807) is 14.0 Å². The Bertz CT molecular complexity index is 146. The van der Waals surface area contributed by atoms with Gasteiger partial charge in [-0.05, 0) is 20.8 Å². The molecule has 0 amide bonds. The lowest BCUT2D eigenvalue weighted by Crippen LogP contribution is -2.35. The van der Waals surface area contributed by atoms with Crippen molar-refractivity contribution in [3.63, 3.8) is 0 Å². The van der Waals surface area contributed by atoms with Gasteiger partial charge in [0.05, 0.1) is 6.61 Å². The molecule has 0 heterocycles. The number of ketones is 1. The summed E-state index contributed by atoms with van der Waals surface area (Å²) in [6.45, 7) is 8.38. The molecule has 3 heteroatoms. The van der Waals surface area contributed by atoms with Gasteiger partial charge in [-0.1, -0.05) is 0 Å². The van der Waals surface area contributed by atoms with E-state index in [0.717, 1.165) is 19.7 Å². The zero-order valence-electron chi connectivity index (χ0n) is 9.17. The fourth-order valence-corrected chi connectivity index (χ4v) is 1.14. The molecule has 13 heavy (non-hydrogen) atoms. The van der Waals surface area contributed by atoms with Crippen LogP contribution in [0.15, 0.2) is 0 Å².